The van der Waals surface area contributed by atoms with E-state index in [9.17, 15) is 13.2 Å². The van der Waals surface area contributed by atoms with Crippen LogP contribution in [0.4, 0.5) is 0 Å². The molecule has 4 rings (SSSR count). The zero-order chi connectivity index (χ0) is 23.0. The molecule has 1 heterocycles. The number of nitrogens with two attached hydrogens (primary N) is 1. The maximum absolute atomic E-state index is 12.8. The average molecular weight is 495 g/mol. The first-order valence-electron chi connectivity index (χ1n) is 10.4. The summed E-state index contributed by atoms with van der Waals surface area (Å²) in [5.41, 5.74) is 3.08. The fraction of sp³-hybridized carbons (Fsp3) is 0.348. The number of hydrogen-bond acceptors (Lipinski definition) is 4. The molecular formula is C23H24Cl2N2O4S. The monoisotopic (exact) mass is 494 g/mol. The number of halogens is 2. The summed E-state index contributed by atoms with van der Waals surface area (Å²) in [6.45, 7) is 1.29. The summed E-state index contributed by atoms with van der Waals surface area (Å²) < 4.78 is 30.9. The van der Waals surface area contributed by atoms with Crippen molar-refractivity contribution in [3.05, 3.63) is 52.5 Å². The summed E-state index contributed by atoms with van der Waals surface area (Å²) in [7, 11) is -4.06. The van der Waals surface area contributed by atoms with E-state index in [0.29, 0.717) is 27.4 Å². The van der Waals surface area contributed by atoms with Crippen LogP contribution in [0.15, 0.2) is 41.3 Å². The van der Waals surface area contributed by atoms with Gasteiger partial charge >= 0.3 is 5.97 Å². The lowest BCUT2D eigenvalue weighted by molar-refractivity contribution is -0.142. The van der Waals surface area contributed by atoms with Crippen molar-refractivity contribution < 1.29 is 17.9 Å². The Balaban J connectivity index is 1.94. The van der Waals surface area contributed by atoms with Gasteiger partial charge in [-0.3, -0.25) is 4.79 Å². The van der Waals surface area contributed by atoms with Gasteiger partial charge in [0.05, 0.1) is 10.6 Å². The Kier molecular flexibility index (Phi) is 6.54. The van der Waals surface area contributed by atoms with Crippen molar-refractivity contribution in [2.75, 3.05) is 0 Å². The zero-order valence-electron chi connectivity index (χ0n) is 17.5. The quantitative estimate of drug-likeness (QED) is 0.362. The van der Waals surface area contributed by atoms with Gasteiger partial charge < -0.3 is 9.72 Å². The Bertz CT molecular complexity index is 1280. The number of aromatic nitrogens is 1. The fourth-order valence-corrected chi connectivity index (χ4v) is 5.99. The van der Waals surface area contributed by atoms with Crippen LogP contribution in [-0.4, -0.2) is 24.7 Å². The Morgan fingerprint density at radius 2 is 1.91 bits per heavy atom. The molecule has 3 aromatic rings. The second-order valence-corrected chi connectivity index (χ2v) is 10.7. The summed E-state index contributed by atoms with van der Waals surface area (Å²) in [5, 5.41) is 7.13. The maximum Gasteiger partial charge on any atom is 0.302 e. The van der Waals surface area contributed by atoms with E-state index in [-0.39, 0.29) is 22.8 Å². The van der Waals surface area contributed by atoms with Crippen molar-refractivity contribution in [1.29, 1.82) is 0 Å². The minimum Gasteiger partial charge on any atom is -0.461 e. The van der Waals surface area contributed by atoms with Crippen molar-refractivity contribution >= 4 is 50.1 Å². The predicted octanol–water partition coefficient (Wildman–Crippen LogP) is 5.46. The number of alkyl halides is 1. The number of ether oxygens (including phenoxy) is 1. The molecule has 0 amide bonds. The standard InChI is InChI=1S/C23H24Cl2N2O4S/c1-13(28)31-12-20-19-11-16(25)9-10-21(19)27-22(20)18-4-2-3-17(23(18)32(26,29)30)14-5-7-15(24)8-6-14/h2-4,9-11,14-15,27H,5-8,12H2,1H3,(H2,26,29,30). The number of aromatic amines is 1. The van der Waals surface area contributed by atoms with E-state index in [0.717, 1.165) is 36.6 Å². The molecule has 1 aromatic heterocycles. The smallest absolute Gasteiger partial charge is 0.302 e. The van der Waals surface area contributed by atoms with Crippen LogP contribution < -0.4 is 5.14 Å². The average Bonchev–Trinajstić information content (AvgIpc) is 3.09. The molecule has 6 nitrogen and oxygen atoms in total. The highest BCUT2D eigenvalue weighted by Crippen LogP contribution is 2.42. The van der Waals surface area contributed by atoms with Gasteiger partial charge in [-0.2, -0.15) is 0 Å². The topological polar surface area (TPSA) is 102 Å². The molecule has 0 bridgehead atoms. The summed E-state index contributed by atoms with van der Waals surface area (Å²) in [5.74, 6) is -0.389. The highest BCUT2D eigenvalue weighted by atomic mass is 35.5. The predicted molar refractivity (Wildman–Crippen MR) is 126 cm³/mol. The maximum atomic E-state index is 12.8. The van der Waals surface area contributed by atoms with Gasteiger partial charge in [0.25, 0.3) is 0 Å². The van der Waals surface area contributed by atoms with Crippen molar-refractivity contribution in [2.24, 2.45) is 5.14 Å². The lowest BCUT2D eigenvalue weighted by Crippen LogP contribution is -2.20. The van der Waals surface area contributed by atoms with Gasteiger partial charge in [-0.15, -0.1) is 11.6 Å². The Morgan fingerprint density at radius 1 is 1.19 bits per heavy atom. The number of esters is 1. The van der Waals surface area contributed by atoms with E-state index < -0.39 is 16.0 Å². The molecule has 3 N–H and O–H groups in total. The molecule has 9 heteroatoms. The first-order chi connectivity index (χ1) is 15.1. The Hall–Kier alpha value is -2.06. The normalized spacial score (nSPS) is 19.2. The number of primary sulfonamides is 1. The Morgan fingerprint density at radius 3 is 2.56 bits per heavy atom. The van der Waals surface area contributed by atoms with Gasteiger partial charge in [0.15, 0.2) is 0 Å². The number of H-pyrrole nitrogens is 1. The summed E-state index contributed by atoms with van der Waals surface area (Å²) in [6.07, 6.45) is 3.23. The van der Waals surface area contributed by atoms with E-state index in [2.05, 4.69) is 4.98 Å². The van der Waals surface area contributed by atoms with Crippen molar-refractivity contribution in [3.63, 3.8) is 0 Å². The molecule has 0 atom stereocenters. The lowest BCUT2D eigenvalue weighted by atomic mass is 9.83. The number of benzene rings is 2. The number of nitrogens with one attached hydrogen (secondary N) is 1. The van der Waals surface area contributed by atoms with E-state index >= 15 is 0 Å². The van der Waals surface area contributed by atoms with E-state index in [4.69, 9.17) is 33.1 Å². The van der Waals surface area contributed by atoms with Gasteiger partial charge in [-0.25, -0.2) is 13.6 Å². The first kappa shape index (κ1) is 23.1. The summed E-state index contributed by atoms with van der Waals surface area (Å²) >= 11 is 12.5. The largest absolute Gasteiger partial charge is 0.461 e. The van der Waals surface area contributed by atoms with Gasteiger partial charge in [0.2, 0.25) is 10.0 Å². The Labute approximate surface area is 197 Å². The minimum absolute atomic E-state index is 0.0311. The molecule has 1 fully saturated rings. The highest BCUT2D eigenvalue weighted by molar-refractivity contribution is 7.89. The molecule has 1 aliphatic rings. The van der Waals surface area contributed by atoms with Crippen LogP contribution >= 0.6 is 23.2 Å². The molecule has 0 spiro atoms. The number of sulfonamides is 1. The second-order valence-electron chi connectivity index (χ2n) is 8.17. The van der Waals surface area contributed by atoms with E-state index in [1.807, 2.05) is 12.1 Å². The number of carbonyl (C=O) groups excluding carboxylic acids is 1. The van der Waals surface area contributed by atoms with Gasteiger partial charge in [-0.05, 0) is 55.4 Å². The van der Waals surface area contributed by atoms with Crippen LogP contribution in [0.3, 0.4) is 0 Å². The molecule has 2 aromatic carbocycles. The number of rotatable bonds is 5. The molecule has 32 heavy (non-hydrogen) atoms. The fourth-order valence-electron chi connectivity index (χ4n) is 4.53. The molecule has 0 radical (unpaired) electrons. The van der Waals surface area contributed by atoms with Gasteiger partial charge in [-0.1, -0.05) is 29.8 Å². The van der Waals surface area contributed by atoms with Crippen LogP contribution in [-0.2, 0) is 26.2 Å². The third-order valence-corrected chi connectivity index (χ3v) is 7.68. The van der Waals surface area contributed by atoms with Gasteiger partial charge in [0, 0.05) is 39.4 Å². The third-order valence-electron chi connectivity index (χ3n) is 5.98. The summed E-state index contributed by atoms with van der Waals surface area (Å²) in [4.78, 5) is 14.9. The molecule has 1 saturated carbocycles. The van der Waals surface area contributed by atoms with Crippen LogP contribution in [0.25, 0.3) is 22.2 Å². The lowest BCUT2D eigenvalue weighted by Gasteiger charge is -2.27. The van der Waals surface area contributed by atoms with Crippen molar-refractivity contribution in [2.45, 2.75) is 55.4 Å². The number of fused-ring (bicyclic) bond motifs is 1. The van der Waals surface area contributed by atoms with E-state index in [1.165, 1.54) is 6.92 Å². The number of carbonyl (C=O) groups is 1. The third kappa shape index (κ3) is 4.66. The molecule has 0 unspecified atom stereocenters. The minimum atomic E-state index is -4.06. The highest BCUT2D eigenvalue weighted by Gasteiger charge is 2.29. The van der Waals surface area contributed by atoms with Crippen molar-refractivity contribution in [3.8, 4) is 11.3 Å². The van der Waals surface area contributed by atoms with Gasteiger partial charge in [0.1, 0.15) is 6.61 Å². The van der Waals surface area contributed by atoms with Crippen LogP contribution in [0.5, 0.6) is 0 Å². The second kappa shape index (κ2) is 9.06. The summed E-state index contributed by atoms with van der Waals surface area (Å²) in [6, 6.07) is 10.7. The van der Waals surface area contributed by atoms with Crippen LogP contribution in [0, 0.1) is 0 Å². The molecule has 0 saturated heterocycles. The zero-order valence-corrected chi connectivity index (χ0v) is 19.9. The van der Waals surface area contributed by atoms with Crippen LogP contribution in [0.1, 0.15) is 49.7 Å². The molecule has 1 aliphatic carbocycles. The van der Waals surface area contributed by atoms with E-state index in [1.54, 1.807) is 24.3 Å². The molecule has 170 valence electrons. The van der Waals surface area contributed by atoms with Crippen molar-refractivity contribution in [1.82, 2.24) is 4.98 Å². The molecular weight excluding hydrogens is 471 g/mol. The first-order valence-corrected chi connectivity index (χ1v) is 12.7. The molecule has 0 aliphatic heterocycles. The number of hydrogen-bond donors (Lipinski definition) is 2. The van der Waals surface area contributed by atoms with Crippen LogP contribution in [0.2, 0.25) is 5.02 Å². The SMILES string of the molecule is CC(=O)OCc1c(-c2cccc(C3CCC(Cl)CC3)c2S(N)(=O)=O)[nH]c2ccc(Cl)cc12.